The Morgan fingerprint density at radius 3 is 2.67 bits per heavy atom. The summed E-state index contributed by atoms with van der Waals surface area (Å²) in [4.78, 5) is 15.1. The van der Waals surface area contributed by atoms with Crippen LogP contribution in [0.4, 0.5) is 0 Å². The Balaban J connectivity index is 1.33. The maximum absolute atomic E-state index is 12.6. The molecule has 4 atom stereocenters. The number of fused-ring (bicyclic) bond motifs is 2. The van der Waals surface area contributed by atoms with Gasteiger partial charge in [-0.15, -0.1) is 0 Å². The van der Waals surface area contributed by atoms with Gasteiger partial charge in [0.2, 0.25) is 5.91 Å². The number of carbonyl (C=O) groups excluding carboxylic acids is 1. The first kappa shape index (κ1) is 16.1. The number of nitrogens with zero attached hydrogens (tertiary/aromatic N) is 1. The van der Waals surface area contributed by atoms with Crippen molar-refractivity contribution in [2.24, 2.45) is 23.5 Å². The topological polar surface area (TPSA) is 58.4 Å². The summed E-state index contributed by atoms with van der Waals surface area (Å²) in [5, 5.41) is 3.14. The molecule has 0 radical (unpaired) electrons. The molecule has 2 saturated carbocycles. The molecular weight excluding hydrogens is 298 g/mol. The van der Waals surface area contributed by atoms with E-state index in [0.717, 1.165) is 13.0 Å². The Hall–Kier alpha value is -1.39. The van der Waals surface area contributed by atoms with E-state index >= 15 is 0 Å². The molecule has 1 aromatic carbocycles. The van der Waals surface area contributed by atoms with E-state index in [0.29, 0.717) is 18.4 Å². The molecule has 4 nitrogen and oxygen atoms in total. The molecule has 3 aliphatic rings. The van der Waals surface area contributed by atoms with E-state index in [2.05, 4.69) is 34.5 Å². The van der Waals surface area contributed by atoms with E-state index in [1.54, 1.807) is 0 Å². The summed E-state index contributed by atoms with van der Waals surface area (Å²) in [5.41, 5.74) is 8.82. The number of likely N-dealkylation sites (tertiary alicyclic amines) is 1. The lowest BCUT2D eigenvalue weighted by Gasteiger charge is -2.27. The fourth-order valence-electron chi connectivity index (χ4n) is 5.07. The zero-order valence-corrected chi connectivity index (χ0v) is 14.4. The van der Waals surface area contributed by atoms with E-state index in [-0.39, 0.29) is 17.9 Å². The third-order valence-corrected chi connectivity index (χ3v) is 6.35. The zero-order chi connectivity index (χ0) is 16.5. The molecule has 0 aromatic heterocycles. The molecule has 1 aromatic rings. The third-order valence-electron chi connectivity index (χ3n) is 6.35. The molecule has 1 aliphatic heterocycles. The van der Waals surface area contributed by atoms with Crippen LogP contribution in [0.2, 0.25) is 0 Å². The van der Waals surface area contributed by atoms with Crippen molar-refractivity contribution in [2.75, 3.05) is 13.1 Å². The number of rotatable bonds is 5. The standard InChI is InChI=1S/C20H29N3O/c21-19-17-7-6-16(11-17)18(19)20(24)22-12-14-4-3-5-15(10-14)13-23-8-1-2-9-23/h3-5,10,16-19H,1-2,6-9,11-13,21H2,(H,22,24). The second kappa shape index (κ2) is 6.85. The smallest absolute Gasteiger partial charge is 0.225 e. The van der Waals surface area contributed by atoms with Crippen LogP contribution in [0.15, 0.2) is 24.3 Å². The molecule has 2 bridgehead atoms. The lowest BCUT2D eigenvalue weighted by molar-refractivity contribution is -0.127. The SMILES string of the molecule is NC1C2CCC(C2)C1C(=O)NCc1cccc(CN2CCCC2)c1. The van der Waals surface area contributed by atoms with Crippen molar-refractivity contribution >= 4 is 5.91 Å². The predicted octanol–water partition coefficient (Wildman–Crippen LogP) is 2.27. The number of carbonyl (C=O) groups is 1. The Labute approximate surface area is 144 Å². The minimum Gasteiger partial charge on any atom is -0.352 e. The van der Waals surface area contributed by atoms with Crippen LogP contribution >= 0.6 is 0 Å². The fourth-order valence-corrected chi connectivity index (χ4v) is 5.07. The van der Waals surface area contributed by atoms with Gasteiger partial charge < -0.3 is 11.1 Å². The summed E-state index contributed by atoms with van der Waals surface area (Å²) in [7, 11) is 0. The minimum absolute atomic E-state index is 0.0385. The molecule has 3 fully saturated rings. The fraction of sp³-hybridized carbons (Fsp3) is 0.650. The first-order valence-corrected chi connectivity index (χ1v) is 9.54. The molecule has 4 heteroatoms. The second-order valence-corrected chi connectivity index (χ2v) is 7.96. The predicted molar refractivity (Wildman–Crippen MR) is 95.1 cm³/mol. The summed E-state index contributed by atoms with van der Waals surface area (Å²) in [5.74, 6) is 1.30. The maximum Gasteiger partial charge on any atom is 0.225 e. The number of amides is 1. The van der Waals surface area contributed by atoms with Crippen LogP contribution in [-0.4, -0.2) is 29.9 Å². The summed E-state index contributed by atoms with van der Waals surface area (Å²) < 4.78 is 0. The molecule has 1 amide bonds. The summed E-state index contributed by atoms with van der Waals surface area (Å²) in [6.07, 6.45) is 6.19. The summed E-state index contributed by atoms with van der Waals surface area (Å²) >= 11 is 0. The molecule has 3 N–H and O–H groups in total. The van der Waals surface area contributed by atoms with E-state index < -0.39 is 0 Å². The van der Waals surface area contributed by atoms with Gasteiger partial charge in [-0.05, 0) is 68.2 Å². The van der Waals surface area contributed by atoms with Gasteiger partial charge in [-0.3, -0.25) is 9.69 Å². The van der Waals surface area contributed by atoms with Crippen molar-refractivity contribution in [1.82, 2.24) is 10.2 Å². The average molecular weight is 327 g/mol. The Morgan fingerprint density at radius 1 is 1.17 bits per heavy atom. The highest BCUT2D eigenvalue weighted by molar-refractivity contribution is 5.80. The van der Waals surface area contributed by atoms with Crippen molar-refractivity contribution in [2.45, 2.75) is 51.2 Å². The molecule has 2 aliphatic carbocycles. The summed E-state index contributed by atoms with van der Waals surface area (Å²) in [6.45, 7) is 4.07. The first-order valence-electron chi connectivity index (χ1n) is 9.54. The second-order valence-electron chi connectivity index (χ2n) is 7.96. The highest BCUT2D eigenvalue weighted by atomic mass is 16.1. The Kier molecular flexibility index (Phi) is 4.59. The van der Waals surface area contributed by atoms with Gasteiger partial charge in [0.05, 0.1) is 5.92 Å². The highest BCUT2D eigenvalue weighted by Gasteiger charge is 2.48. The van der Waals surface area contributed by atoms with Gasteiger partial charge in [0.15, 0.2) is 0 Å². The van der Waals surface area contributed by atoms with Crippen LogP contribution in [0.1, 0.15) is 43.2 Å². The van der Waals surface area contributed by atoms with Gasteiger partial charge in [0.25, 0.3) is 0 Å². The molecular formula is C20H29N3O. The van der Waals surface area contributed by atoms with E-state index in [1.165, 1.54) is 49.9 Å². The number of hydrogen-bond acceptors (Lipinski definition) is 3. The van der Waals surface area contributed by atoms with Crippen molar-refractivity contribution in [3.63, 3.8) is 0 Å². The molecule has 4 unspecified atom stereocenters. The highest BCUT2D eigenvalue weighted by Crippen LogP contribution is 2.47. The Bertz CT molecular complexity index is 594. The van der Waals surface area contributed by atoms with Crippen molar-refractivity contribution in [3.05, 3.63) is 35.4 Å². The molecule has 1 heterocycles. The molecule has 0 spiro atoms. The summed E-state index contributed by atoms with van der Waals surface area (Å²) in [6, 6.07) is 8.71. The van der Waals surface area contributed by atoms with Crippen LogP contribution in [0.3, 0.4) is 0 Å². The molecule has 130 valence electrons. The lowest BCUT2D eigenvalue weighted by Crippen LogP contribution is -2.45. The van der Waals surface area contributed by atoms with Crippen molar-refractivity contribution in [3.8, 4) is 0 Å². The van der Waals surface area contributed by atoms with Gasteiger partial charge in [-0.2, -0.15) is 0 Å². The van der Waals surface area contributed by atoms with Crippen LogP contribution < -0.4 is 11.1 Å². The van der Waals surface area contributed by atoms with E-state index in [1.807, 2.05) is 0 Å². The van der Waals surface area contributed by atoms with Crippen LogP contribution in [0.25, 0.3) is 0 Å². The van der Waals surface area contributed by atoms with E-state index in [9.17, 15) is 4.79 Å². The van der Waals surface area contributed by atoms with E-state index in [4.69, 9.17) is 5.73 Å². The van der Waals surface area contributed by atoms with Gasteiger partial charge in [0, 0.05) is 19.1 Å². The number of nitrogens with two attached hydrogens (primary N) is 1. The van der Waals surface area contributed by atoms with Crippen LogP contribution in [0.5, 0.6) is 0 Å². The van der Waals surface area contributed by atoms with Gasteiger partial charge in [0.1, 0.15) is 0 Å². The minimum atomic E-state index is 0.0385. The average Bonchev–Trinajstić information content (AvgIpc) is 3.30. The van der Waals surface area contributed by atoms with Crippen molar-refractivity contribution in [1.29, 1.82) is 0 Å². The molecule has 1 saturated heterocycles. The maximum atomic E-state index is 12.6. The normalized spacial score (nSPS) is 32.4. The van der Waals surface area contributed by atoms with Gasteiger partial charge >= 0.3 is 0 Å². The van der Waals surface area contributed by atoms with Crippen molar-refractivity contribution < 1.29 is 4.79 Å². The number of benzene rings is 1. The molecule has 24 heavy (non-hydrogen) atoms. The third kappa shape index (κ3) is 3.22. The number of nitrogens with one attached hydrogen (secondary N) is 1. The Morgan fingerprint density at radius 2 is 1.92 bits per heavy atom. The van der Waals surface area contributed by atoms with Gasteiger partial charge in [-0.1, -0.05) is 24.3 Å². The quantitative estimate of drug-likeness (QED) is 0.872. The number of hydrogen-bond donors (Lipinski definition) is 2. The van der Waals surface area contributed by atoms with Crippen LogP contribution in [-0.2, 0) is 17.9 Å². The van der Waals surface area contributed by atoms with Gasteiger partial charge in [-0.25, -0.2) is 0 Å². The first-order chi connectivity index (χ1) is 11.7. The largest absolute Gasteiger partial charge is 0.352 e. The monoisotopic (exact) mass is 327 g/mol. The molecule has 4 rings (SSSR count). The lowest BCUT2D eigenvalue weighted by atomic mass is 9.84. The zero-order valence-electron chi connectivity index (χ0n) is 14.4. The van der Waals surface area contributed by atoms with Crippen LogP contribution in [0, 0.1) is 17.8 Å².